The Labute approximate surface area is 176 Å². The molecule has 0 radical (unpaired) electrons. The molecule has 0 bridgehead atoms. The van der Waals surface area contributed by atoms with Crippen molar-refractivity contribution in [1.29, 1.82) is 0 Å². The van der Waals surface area contributed by atoms with Gasteiger partial charge in [0.2, 0.25) is 0 Å². The number of hydrogen-bond donors (Lipinski definition) is 2. The normalized spacial score (nSPS) is 16.0. The fourth-order valence-electron chi connectivity index (χ4n) is 3.30. The first-order chi connectivity index (χ1) is 14.1. The van der Waals surface area contributed by atoms with E-state index in [0.717, 1.165) is 48.1 Å². The average molecular weight is 455 g/mol. The first-order valence-electron chi connectivity index (χ1n) is 9.49. The highest BCUT2D eigenvalue weighted by molar-refractivity contribution is 9.10. The van der Waals surface area contributed by atoms with Gasteiger partial charge in [0.15, 0.2) is 12.8 Å². The highest BCUT2D eigenvalue weighted by Gasteiger charge is 2.13. The van der Waals surface area contributed by atoms with Gasteiger partial charge in [0.05, 0.1) is 6.61 Å². The van der Waals surface area contributed by atoms with E-state index in [1.165, 1.54) is 0 Å². The van der Waals surface area contributed by atoms with E-state index >= 15 is 0 Å². The van der Waals surface area contributed by atoms with Crippen LogP contribution in [0.5, 0.6) is 0 Å². The maximum absolute atomic E-state index is 12.6. The molecule has 0 spiro atoms. The number of hydrogen-bond acceptors (Lipinski definition) is 3. The largest absolute Gasteiger partial charge is 0.375 e. The average Bonchev–Trinajstić information content (AvgIpc) is 2.98. The molecule has 0 saturated carbocycles. The van der Waals surface area contributed by atoms with Crippen LogP contribution in [0.4, 0.5) is 5.69 Å². The number of amides is 1. The number of H-pyrrole nitrogens is 1. The van der Waals surface area contributed by atoms with Crippen molar-refractivity contribution in [3.63, 3.8) is 0 Å². The van der Waals surface area contributed by atoms with E-state index in [2.05, 4.69) is 37.0 Å². The monoisotopic (exact) mass is 454 g/mol. The molecule has 0 atom stereocenters. The third-order valence-electron chi connectivity index (χ3n) is 4.81. The molecule has 1 amide bonds. The van der Waals surface area contributed by atoms with Crippen molar-refractivity contribution < 1.29 is 14.1 Å². The summed E-state index contributed by atoms with van der Waals surface area (Å²) in [6.45, 7) is 3.39. The van der Waals surface area contributed by atoms with E-state index in [0.29, 0.717) is 11.2 Å². The zero-order valence-electron chi connectivity index (χ0n) is 15.8. The zero-order valence-corrected chi connectivity index (χ0v) is 17.4. The molecule has 2 N–H and O–H groups in total. The van der Waals surface area contributed by atoms with Crippen molar-refractivity contribution in [3.8, 4) is 0 Å². The van der Waals surface area contributed by atoms with Gasteiger partial charge in [-0.15, -0.1) is 0 Å². The molecule has 2 aromatic carbocycles. The lowest BCUT2D eigenvalue weighted by molar-refractivity contribution is -0.520. The van der Waals surface area contributed by atoms with Crippen molar-refractivity contribution in [2.24, 2.45) is 0 Å². The van der Waals surface area contributed by atoms with E-state index in [-0.39, 0.29) is 5.56 Å². The van der Waals surface area contributed by atoms with E-state index < -0.39 is 11.5 Å². The molecule has 1 saturated heterocycles. The van der Waals surface area contributed by atoms with Gasteiger partial charge in [-0.25, -0.2) is 4.58 Å². The molecule has 1 aromatic heterocycles. The number of carbonyl (C=O) groups is 1. The standard InChI is InChI=1S/C22H20BrN3O3/c23-17-4-7-20-16(12-17)13-19(22(28)25-20)21(27)24-18-5-2-15(3-6-18)14-26-8-1-10-29-11-9-26/h2-7,12-14H,1,8-11H2,(H,25,27,28)/p+1. The summed E-state index contributed by atoms with van der Waals surface area (Å²) in [5.74, 6) is -0.436. The van der Waals surface area contributed by atoms with Gasteiger partial charge in [-0.05, 0) is 48.5 Å². The second kappa shape index (κ2) is 8.71. The van der Waals surface area contributed by atoms with Crippen LogP contribution in [0.2, 0.25) is 0 Å². The van der Waals surface area contributed by atoms with Crippen molar-refractivity contribution in [1.82, 2.24) is 4.98 Å². The molecule has 29 heavy (non-hydrogen) atoms. The molecular formula is C22H21BrN3O3+. The number of aromatic nitrogens is 1. The molecule has 148 valence electrons. The van der Waals surface area contributed by atoms with Crippen LogP contribution in [0.25, 0.3) is 10.9 Å². The lowest BCUT2D eigenvalue weighted by atomic mass is 10.1. The number of anilines is 1. The maximum atomic E-state index is 12.6. The first-order valence-corrected chi connectivity index (χ1v) is 10.3. The third kappa shape index (κ3) is 4.81. The van der Waals surface area contributed by atoms with Crippen LogP contribution in [0.1, 0.15) is 22.3 Å². The molecule has 4 rings (SSSR count). The summed E-state index contributed by atoms with van der Waals surface area (Å²) in [7, 11) is 0. The highest BCUT2D eigenvalue weighted by Crippen LogP contribution is 2.18. The van der Waals surface area contributed by atoms with Crippen LogP contribution in [-0.4, -0.2) is 48.0 Å². The molecule has 2 heterocycles. The van der Waals surface area contributed by atoms with Gasteiger partial charge < -0.3 is 15.0 Å². The Hall–Kier alpha value is -2.77. The number of nitrogens with zero attached hydrogens (tertiary/aromatic N) is 1. The summed E-state index contributed by atoms with van der Waals surface area (Å²) in [6, 6.07) is 14.7. The topological polar surface area (TPSA) is 74.2 Å². The number of halogens is 1. The first kappa shape index (κ1) is 19.5. The Morgan fingerprint density at radius 1 is 1.10 bits per heavy atom. The fourth-order valence-corrected chi connectivity index (χ4v) is 3.68. The van der Waals surface area contributed by atoms with E-state index in [1.54, 1.807) is 12.1 Å². The van der Waals surface area contributed by atoms with Crippen LogP contribution in [-0.2, 0) is 4.74 Å². The minimum Gasteiger partial charge on any atom is -0.375 e. The molecule has 1 aliphatic heterocycles. The van der Waals surface area contributed by atoms with Gasteiger partial charge in [0, 0.05) is 33.0 Å². The van der Waals surface area contributed by atoms with Crippen molar-refractivity contribution in [3.05, 3.63) is 74.5 Å². The predicted octanol–water partition coefficient (Wildman–Crippen LogP) is 3.39. The molecule has 1 fully saturated rings. The van der Waals surface area contributed by atoms with Gasteiger partial charge >= 0.3 is 0 Å². The zero-order chi connectivity index (χ0) is 20.2. The summed E-state index contributed by atoms with van der Waals surface area (Å²) >= 11 is 3.41. The van der Waals surface area contributed by atoms with E-state index in [4.69, 9.17) is 4.74 Å². The SMILES string of the molecule is O=C(Nc1ccc(C=[N+]2CCCOCC2)cc1)c1cc2cc(Br)ccc2[nH]c1=O. The van der Waals surface area contributed by atoms with Crippen LogP contribution in [0, 0.1) is 0 Å². The van der Waals surface area contributed by atoms with Crippen LogP contribution in [0.3, 0.4) is 0 Å². The minimum absolute atomic E-state index is 0.0794. The van der Waals surface area contributed by atoms with Crippen molar-refractivity contribution in [2.75, 3.05) is 31.6 Å². The Kier molecular flexibility index (Phi) is 5.87. The lowest BCUT2D eigenvalue weighted by Gasteiger charge is -2.07. The quantitative estimate of drug-likeness (QED) is 0.595. The van der Waals surface area contributed by atoms with E-state index in [9.17, 15) is 9.59 Å². The Balaban J connectivity index is 1.51. The molecule has 6 nitrogen and oxygen atoms in total. The summed E-state index contributed by atoms with van der Waals surface area (Å²) < 4.78 is 8.59. The lowest BCUT2D eigenvalue weighted by Crippen LogP contribution is -2.23. The minimum atomic E-state index is -0.436. The molecule has 3 aromatic rings. The third-order valence-corrected chi connectivity index (χ3v) is 5.30. The van der Waals surface area contributed by atoms with Gasteiger partial charge in [0.25, 0.3) is 11.5 Å². The van der Waals surface area contributed by atoms with Gasteiger partial charge in [-0.1, -0.05) is 15.9 Å². The van der Waals surface area contributed by atoms with Crippen LogP contribution in [0.15, 0.2) is 57.8 Å². The summed E-state index contributed by atoms with van der Waals surface area (Å²) in [5.41, 5.74) is 2.05. The number of pyridine rings is 1. The fraction of sp³-hybridized carbons (Fsp3) is 0.227. The van der Waals surface area contributed by atoms with Crippen LogP contribution >= 0.6 is 15.9 Å². The number of rotatable bonds is 3. The second-order valence-corrected chi connectivity index (χ2v) is 7.87. The van der Waals surface area contributed by atoms with E-state index in [1.807, 2.05) is 36.4 Å². The van der Waals surface area contributed by atoms with Gasteiger partial charge in [0.1, 0.15) is 18.7 Å². The van der Waals surface area contributed by atoms with Gasteiger partial charge in [-0.3, -0.25) is 9.59 Å². The predicted molar refractivity (Wildman–Crippen MR) is 117 cm³/mol. The van der Waals surface area contributed by atoms with Crippen LogP contribution < -0.4 is 10.9 Å². The van der Waals surface area contributed by atoms with Crippen molar-refractivity contribution in [2.45, 2.75) is 6.42 Å². The number of fused-ring (bicyclic) bond motifs is 1. The smallest absolute Gasteiger partial charge is 0.261 e. The Bertz CT molecular complexity index is 1130. The number of benzene rings is 2. The molecule has 1 aliphatic rings. The Morgan fingerprint density at radius 3 is 2.76 bits per heavy atom. The number of carbonyl (C=O) groups excluding carboxylic acids is 1. The summed E-state index contributed by atoms with van der Waals surface area (Å²) in [4.78, 5) is 27.7. The number of ether oxygens (including phenoxy) is 1. The molecule has 0 aliphatic carbocycles. The molecule has 0 unspecified atom stereocenters. The highest BCUT2D eigenvalue weighted by atomic mass is 79.9. The summed E-state index contributed by atoms with van der Waals surface area (Å²) in [5, 5.41) is 3.59. The summed E-state index contributed by atoms with van der Waals surface area (Å²) in [6.07, 6.45) is 3.12. The number of nitrogens with one attached hydrogen (secondary N) is 2. The van der Waals surface area contributed by atoms with Crippen molar-refractivity contribution >= 4 is 44.6 Å². The molecule has 7 heteroatoms. The molecular weight excluding hydrogens is 434 g/mol. The second-order valence-electron chi connectivity index (χ2n) is 6.95. The maximum Gasteiger partial charge on any atom is 0.261 e. The number of aromatic amines is 1. The Morgan fingerprint density at radius 2 is 1.93 bits per heavy atom. The van der Waals surface area contributed by atoms with Gasteiger partial charge in [-0.2, -0.15) is 0 Å².